The first-order chi connectivity index (χ1) is 62.2. The molecular weight excluding hydrogens is 1780 g/mol. The monoisotopic (exact) mass is 1920 g/mol. The van der Waals surface area contributed by atoms with E-state index in [1.54, 1.807) is 41.5 Å². The normalized spacial score (nSPS) is 9.69. The van der Waals surface area contributed by atoms with Crippen molar-refractivity contribution < 1.29 is 180 Å². The Morgan fingerprint density at radius 1 is 0.366 bits per heavy atom. The second-order valence-corrected chi connectivity index (χ2v) is 28.8. The Kier molecular flexibility index (Phi) is 101. The highest BCUT2D eigenvalue weighted by molar-refractivity contribution is 6.57. The summed E-state index contributed by atoms with van der Waals surface area (Å²) in [4.78, 5) is 243. The van der Waals surface area contributed by atoms with Crippen molar-refractivity contribution in [1.82, 2.24) is 35.1 Å². The second kappa shape index (κ2) is 94.4. The highest BCUT2D eigenvalue weighted by atomic mass is 16.8. The molecule has 4 radical (unpaired) electrons. The van der Waals surface area contributed by atoms with Gasteiger partial charge in [0.2, 0.25) is 39.3 Å². The zero-order chi connectivity index (χ0) is 106. The Morgan fingerprint density at radius 2 is 0.649 bits per heavy atom. The minimum atomic E-state index is -1.31. The quantitative estimate of drug-likeness (QED) is 0.00693. The van der Waals surface area contributed by atoms with Gasteiger partial charge in [0, 0.05) is 87.0 Å². The smallest absolute Gasteiger partial charge is 0.481 e. The van der Waals surface area contributed by atoms with Gasteiger partial charge in [-0.25, -0.2) is 9.59 Å². The van der Waals surface area contributed by atoms with Crippen LogP contribution in [-0.2, 0) is 134 Å². The van der Waals surface area contributed by atoms with Crippen molar-refractivity contribution in [2.75, 3.05) is 198 Å². The third kappa shape index (κ3) is 129. The third-order valence-corrected chi connectivity index (χ3v) is 12.5. The molecule has 764 valence electrons. The summed E-state index contributed by atoms with van der Waals surface area (Å²) in [6.07, 6.45) is -1.88. The number of allylic oxidation sites excluding steroid dienone is 1. The van der Waals surface area contributed by atoms with Crippen LogP contribution in [0, 0.1) is 0 Å². The van der Waals surface area contributed by atoms with Crippen molar-refractivity contribution in [3.8, 4) is 0 Å². The summed E-state index contributed by atoms with van der Waals surface area (Å²) in [5.41, 5.74) is 34.0. The average Bonchev–Trinajstić information content (AvgIpc) is 0.926. The molecule has 0 fully saturated rings. The van der Waals surface area contributed by atoms with Gasteiger partial charge in [-0.3, -0.25) is 101 Å². The van der Waals surface area contributed by atoms with E-state index in [0.29, 0.717) is 110 Å². The maximum atomic E-state index is 12.0. The number of ketones is 8. The second-order valence-electron chi connectivity index (χ2n) is 28.8. The van der Waals surface area contributed by atoms with Crippen LogP contribution in [0.2, 0.25) is 0 Å². The number of hydrogen-bond donors (Lipinski definition) is 12. The lowest BCUT2D eigenvalue weighted by atomic mass is 10.1. The molecule has 0 aromatic rings. The topological polar surface area (TPSA) is 739 Å². The van der Waals surface area contributed by atoms with Crippen LogP contribution in [0.15, 0.2) is 35.3 Å². The number of carboxylic acid groups (broad SMARTS) is 5. The van der Waals surface area contributed by atoms with Crippen LogP contribution < -0.4 is 39.3 Å². The standard InChI is InChI=1S/C17H19NO5.C13H22N2O5.C10H15NO5.C10H18O5.C7H10BNO3.C7H17NO2.C6H16N2O2.C5H6BNO5.C4H12N2O.C4H7NO4.H2/c1-5-6-7-8-15(4)23-17(22)10-9-16(21)18(11-13(2)19)12-14(3)20;1-10(16)8-15(9-11(2)17)13(19)5-4-12(18)14-6-7-20-3;1-7(12)5-11(6-8(2)13)9(14)3-4-10(15)16;1-9(2,3)14-7(11)13-8(12)15-10(4,5)6;1-5(10)3-9(7(8)12)4-6(2)11;1-2-4-9-6-7-10-5-3-8;7-1-3-9-5-6-10-4-2-8;6-5(12)7(1-3(8)9)2-4(10)11;5-1-3-7-4-2-6;6-3(7)1-5-2-4(8)9;/h1,9-12H2,2-4H3;4-9H2,1-3H3,(H,14,18);3-6H2,1-2H3,(H,15,16);1-6H3;3-4H2,1-2H3;2-8H2,1H3;1-8H2;1-2H2,(H,8,9)(H,10,11);1-6H2;5H,1-2H2,(H,6,7)(H,8,9);1H. The van der Waals surface area contributed by atoms with E-state index < -0.39 is 95.8 Å². The number of hydrogen-bond acceptors (Lipinski definition) is 38. The summed E-state index contributed by atoms with van der Waals surface area (Å²) in [6.45, 7) is 34.5. The first kappa shape index (κ1) is 143. The first-order valence-electron chi connectivity index (χ1n) is 41.0. The number of rotatable bonds is 55. The van der Waals surface area contributed by atoms with Gasteiger partial charge in [-0.15, -0.1) is 0 Å². The van der Waals surface area contributed by atoms with E-state index in [1.165, 1.54) is 74.3 Å². The van der Waals surface area contributed by atoms with Gasteiger partial charge in [0.1, 0.15) is 70.6 Å². The molecule has 0 spiro atoms. The fourth-order valence-electron chi connectivity index (χ4n) is 7.70. The summed E-state index contributed by atoms with van der Waals surface area (Å²) >= 11 is 0. The number of ether oxygens (including phenoxy) is 10. The molecule has 0 rings (SSSR count). The maximum Gasteiger partial charge on any atom is 0.519 e. The van der Waals surface area contributed by atoms with Crippen LogP contribution >= 0.6 is 0 Å². The van der Waals surface area contributed by atoms with Crippen molar-refractivity contribution in [2.45, 2.75) is 167 Å². The summed E-state index contributed by atoms with van der Waals surface area (Å²) in [5.74, 6) is -11.5. The minimum Gasteiger partial charge on any atom is -0.481 e. The van der Waals surface area contributed by atoms with E-state index in [1.807, 2.05) is 0 Å². The number of aliphatic carboxylic acids is 5. The molecule has 0 aliphatic carbocycles. The van der Waals surface area contributed by atoms with Crippen LogP contribution in [-0.4, -0.2) is 404 Å². The van der Waals surface area contributed by atoms with E-state index in [0.717, 1.165) is 27.7 Å². The summed E-state index contributed by atoms with van der Waals surface area (Å²) in [6, 6.07) is 0. The van der Waals surface area contributed by atoms with E-state index in [2.05, 4.69) is 51.8 Å². The van der Waals surface area contributed by atoms with Gasteiger partial charge >= 0.3 is 48.1 Å². The number of carboxylic acids is 5. The summed E-state index contributed by atoms with van der Waals surface area (Å²) in [5, 5.41) is 45.5. The molecule has 0 bridgehead atoms. The van der Waals surface area contributed by atoms with Gasteiger partial charge in [-0.1, -0.05) is 12.7 Å². The zero-order valence-corrected chi connectivity index (χ0v) is 80.2. The van der Waals surface area contributed by atoms with Crippen LogP contribution in [0.5, 0.6) is 0 Å². The van der Waals surface area contributed by atoms with E-state index in [4.69, 9.17) is 113 Å². The maximum absolute atomic E-state index is 12.0. The Morgan fingerprint density at radius 3 is 0.903 bits per heavy atom. The number of carbonyl (C=O) groups is 22. The van der Waals surface area contributed by atoms with Crippen LogP contribution in [0.25, 0.3) is 0 Å². The molecule has 6 amide bonds. The fourth-order valence-corrected chi connectivity index (χ4v) is 7.70. The lowest BCUT2D eigenvalue weighted by molar-refractivity contribution is -0.143. The van der Waals surface area contributed by atoms with Gasteiger partial charge < -0.3 is 131 Å². The molecule has 0 heterocycles. The molecular formula is C83H144B2N12O37. The van der Waals surface area contributed by atoms with Crippen LogP contribution in [0.3, 0.4) is 0 Å². The van der Waals surface area contributed by atoms with Gasteiger partial charge in [-0.2, -0.15) is 0 Å². The number of esters is 1. The number of nitrogens with zero attached hydrogens (tertiary/aromatic N) is 5. The molecule has 17 N–H and O–H groups in total. The van der Waals surface area contributed by atoms with Crippen LogP contribution in [0.1, 0.15) is 157 Å². The SMILES string of the molecule is C=C=C=C=C=C(C)OC(=O)CCC(=O)N(CC(C)=O)CC(C)=O.CC(=O)CN(CC(C)=O)C(=O)CCC(=O)O.CC(C)(C)OC(=O)OC(=O)OC(C)(C)C.CCCOCCOCCN.COCCNC(=O)CCC(=O)N(CC(C)=O)CC(C)=O.NCCOCCN.NCCOCCOCCN.O=C(O)CNCC(=O)O.[B]C(=O)N(CC(=O)O)CC(=O)O.[B]C(=O)N(CC(C)=O)CC(C)=O.[HH]. The van der Waals surface area contributed by atoms with E-state index >= 15 is 0 Å². The van der Waals surface area contributed by atoms with Gasteiger partial charge in [0.25, 0.3) is 0 Å². The molecule has 0 aliphatic rings. The lowest BCUT2D eigenvalue weighted by Gasteiger charge is -2.20. The predicted octanol–water partition coefficient (Wildman–Crippen LogP) is -0.525. The molecule has 0 aliphatic heterocycles. The van der Waals surface area contributed by atoms with Crippen molar-refractivity contribution >= 4 is 145 Å². The van der Waals surface area contributed by atoms with Crippen molar-refractivity contribution in [3.05, 3.63) is 35.3 Å². The van der Waals surface area contributed by atoms with E-state index in [9.17, 15) is 105 Å². The number of nitrogens with one attached hydrogen (secondary N) is 2. The van der Waals surface area contributed by atoms with Crippen molar-refractivity contribution in [1.29, 1.82) is 0 Å². The molecule has 49 nitrogen and oxygen atoms in total. The predicted molar refractivity (Wildman–Crippen MR) is 485 cm³/mol. The lowest BCUT2D eigenvalue weighted by Crippen LogP contribution is -2.39. The fraction of sp³-hybridized carbons (Fsp3) is 0.663. The average molecular weight is 1920 g/mol. The largest absolute Gasteiger partial charge is 0.519 e. The van der Waals surface area contributed by atoms with Gasteiger partial charge in [-0.05, 0) is 127 Å². The number of nitrogens with two attached hydrogens (primary N) is 5. The summed E-state index contributed by atoms with van der Waals surface area (Å²) in [7, 11) is 11.1. The molecule has 0 saturated heterocycles. The summed E-state index contributed by atoms with van der Waals surface area (Å²) < 4.78 is 48.7. The molecule has 134 heavy (non-hydrogen) atoms. The Hall–Kier alpha value is -11.8. The molecule has 0 aromatic carbocycles. The Balaban J connectivity index is -0.000000143. The first-order valence-corrected chi connectivity index (χ1v) is 41.0. The molecule has 51 heteroatoms. The minimum absolute atomic E-state index is 0. The van der Waals surface area contributed by atoms with E-state index in [-0.39, 0.29) is 169 Å². The van der Waals surface area contributed by atoms with Crippen LogP contribution in [0.4, 0.5) is 19.2 Å². The van der Waals surface area contributed by atoms with Crippen molar-refractivity contribution in [2.24, 2.45) is 28.7 Å². The number of Topliss-reactive ketones (excluding diaryl/α,β-unsaturated/α-hetero) is 8. The third-order valence-electron chi connectivity index (χ3n) is 12.5. The highest BCUT2D eigenvalue weighted by Crippen LogP contribution is 2.12. The van der Waals surface area contributed by atoms with Gasteiger partial charge in [0.05, 0.1) is 144 Å². The number of carbonyl (C=O) groups excluding carboxylic acids is 17. The zero-order valence-electron chi connectivity index (χ0n) is 80.2. The molecule has 0 unspecified atom stereocenters. The molecule has 0 aromatic heterocycles. The molecule has 0 atom stereocenters. The Labute approximate surface area is 785 Å². The highest BCUT2D eigenvalue weighted by Gasteiger charge is 2.26. The van der Waals surface area contributed by atoms with Gasteiger partial charge in [0.15, 0.2) is 17.4 Å². The molecule has 0 saturated carbocycles. The number of amides is 6. The number of methoxy groups -OCH3 is 1. The van der Waals surface area contributed by atoms with Crippen molar-refractivity contribution in [3.63, 3.8) is 0 Å². The Bertz CT molecular complexity index is 3510.